The number of rotatable bonds is 7. The molecule has 100 valence electrons. The van der Waals surface area contributed by atoms with Crippen LogP contribution in [0.1, 0.15) is 11.1 Å². The summed E-state index contributed by atoms with van der Waals surface area (Å²) in [5.74, 6) is 0. The van der Waals surface area contributed by atoms with E-state index >= 15 is 0 Å². The van der Waals surface area contributed by atoms with Crippen molar-refractivity contribution >= 4 is 0 Å². The second kappa shape index (κ2) is 7.67. The summed E-state index contributed by atoms with van der Waals surface area (Å²) in [5, 5.41) is 9.16. The van der Waals surface area contributed by atoms with Gasteiger partial charge in [0.15, 0.2) is 0 Å². The van der Waals surface area contributed by atoms with E-state index in [0.717, 1.165) is 19.5 Å². The molecule has 0 fully saturated rings. The second-order valence-electron chi connectivity index (χ2n) is 4.60. The molecule has 1 N–H and O–H groups in total. The van der Waals surface area contributed by atoms with Crippen LogP contribution in [0.4, 0.5) is 0 Å². The molecule has 0 bridgehead atoms. The molecule has 3 nitrogen and oxygen atoms in total. The topological polar surface area (TPSA) is 36.4 Å². The molecule has 0 saturated carbocycles. The van der Waals surface area contributed by atoms with Crippen molar-refractivity contribution in [2.75, 3.05) is 19.7 Å². The molecule has 3 heteroatoms. The van der Waals surface area contributed by atoms with Crippen molar-refractivity contribution in [3.8, 4) is 0 Å². The fourth-order valence-electron chi connectivity index (χ4n) is 2.09. The van der Waals surface area contributed by atoms with Gasteiger partial charge < -0.3 is 5.11 Å². The third kappa shape index (κ3) is 4.81. The molecule has 1 heterocycles. The third-order valence-electron chi connectivity index (χ3n) is 3.10. The maximum atomic E-state index is 9.16. The summed E-state index contributed by atoms with van der Waals surface area (Å²) in [6.07, 6.45) is 4.65. The Hall–Kier alpha value is -1.71. The lowest BCUT2D eigenvalue weighted by Crippen LogP contribution is -2.28. The van der Waals surface area contributed by atoms with Crippen LogP contribution in [0.3, 0.4) is 0 Å². The molecule has 19 heavy (non-hydrogen) atoms. The van der Waals surface area contributed by atoms with Crippen LogP contribution in [0, 0.1) is 0 Å². The van der Waals surface area contributed by atoms with Gasteiger partial charge in [-0.3, -0.25) is 9.88 Å². The fourth-order valence-corrected chi connectivity index (χ4v) is 2.09. The standard InChI is InChI=1S/C16H20N2O/c19-12-11-18(14-16-5-2-1-3-6-16)10-8-15-7-4-9-17-13-15/h1-7,9,13,19H,8,10-12,14H2. The lowest BCUT2D eigenvalue weighted by molar-refractivity contribution is 0.191. The first-order valence-corrected chi connectivity index (χ1v) is 6.64. The van der Waals surface area contributed by atoms with Crippen molar-refractivity contribution in [3.63, 3.8) is 0 Å². The van der Waals surface area contributed by atoms with E-state index in [4.69, 9.17) is 5.11 Å². The highest BCUT2D eigenvalue weighted by Gasteiger charge is 2.05. The molecule has 0 aliphatic carbocycles. The van der Waals surface area contributed by atoms with E-state index in [-0.39, 0.29) is 6.61 Å². The first kappa shape index (κ1) is 13.7. The molecule has 0 amide bonds. The molecule has 2 rings (SSSR count). The SMILES string of the molecule is OCCN(CCc1cccnc1)Cc1ccccc1. The van der Waals surface area contributed by atoms with Crippen molar-refractivity contribution in [1.29, 1.82) is 0 Å². The molecular formula is C16H20N2O. The van der Waals surface area contributed by atoms with Crippen LogP contribution in [0.15, 0.2) is 54.9 Å². The van der Waals surface area contributed by atoms with Crippen LogP contribution in [0.5, 0.6) is 0 Å². The van der Waals surface area contributed by atoms with Gasteiger partial charge in [-0.25, -0.2) is 0 Å². The van der Waals surface area contributed by atoms with E-state index in [1.165, 1.54) is 11.1 Å². The normalized spacial score (nSPS) is 10.8. The number of aliphatic hydroxyl groups is 1. The van der Waals surface area contributed by atoms with Crippen LogP contribution in [0.25, 0.3) is 0 Å². The van der Waals surface area contributed by atoms with E-state index in [2.05, 4.69) is 28.1 Å². The number of benzene rings is 1. The van der Waals surface area contributed by atoms with Gasteiger partial charge >= 0.3 is 0 Å². The Kier molecular flexibility index (Phi) is 5.53. The Morgan fingerprint density at radius 3 is 2.42 bits per heavy atom. The third-order valence-corrected chi connectivity index (χ3v) is 3.10. The molecule has 1 aromatic carbocycles. The summed E-state index contributed by atoms with van der Waals surface area (Å²) in [7, 11) is 0. The minimum absolute atomic E-state index is 0.194. The van der Waals surface area contributed by atoms with Gasteiger partial charge in [0.2, 0.25) is 0 Å². The zero-order chi connectivity index (χ0) is 13.3. The molecule has 0 aliphatic rings. The smallest absolute Gasteiger partial charge is 0.0558 e. The monoisotopic (exact) mass is 256 g/mol. The quantitative estimate of drug-likeness (QED) is 0.824. The minimum atomic E-state index is 0.194. The lowest BCUT2D eigenvalue weighted by Gasteiger charge is -2.21. The Balaban J connectivity index is 1.89. The van der Waals surface area contributed by atoms with Crippen molar-refractivity contribution in [3.05, 3.63) is 66.0 Å². The summed E-state index contributed by atoms with van der Waals surface area (Å²) >= 11 is 0. The van der Waals surface area contributed by atoms with Crippen LogP contribution >= 0.6 is 0 Å². The number of aromatic nitrogens is 1. The predicted octanol–water partition coefficient (Wildman–Crippen LogP) is 2.12. The van der Waals surface area contributed by atoms with Gasteiger partial charge in [0.1, 0.15) is 0 Å². The second-order valence-corrected chi connectivity index (χ2v) is 4.60. The molecule has 0 radical (unpaired) electrons. The Labute approximate surface area is 114 Å². The van der Waals surface area contributed by atoms with Gasteiger partial charge in [-0.1, -0.05) is 36.4 Å². The van der Waals surface area contributed by atoms with Gasteiger partial charge in [-0.05, 0) is 23.6 Å². The van der Waals surface area contributed by atoms with Crippen LogP contribution < -0.4 is 0 Å². The largest absolute Gasteiger partial charge is 0.395 e. The van der Waals surface area contributed by atoms with E-state index < -0.39 is 0 Å². The molecule has 0 aliphatic heterocycles. The summed E-state index contributed by atoms with van der Waals surface area (Å²) in [6.45, 7) is 2.71. The molecule has 2 aromatic rings. The maximum absolute atomic E-state index is 9.16. The Morgan fingerprint density at radius 1 is 0.947 bits per heavy atom. The number of pyridine rings is 1. The van der Waals surface area contributed by atoms with Crippen LogP contribution in [0.2, 0.25) is 0 Å². The van der Waals surface area contributed by atoms with Crippen molar-refractivity contribution < 1.29 is 5.11 Å². The summed E-state index contributed by atoms with van der Waals surface area (Å²) < 4.78 is 0. The highest BCUT2D eigenvalue weighted by Crippen LogP contribution is 2.06. The maximum Gasteiger partial charge on any atom is 0.0558 e. The van der Waals surface area contributed by atoms with E-state index in [1.807, 2.05) is 30.5 Å². The first-order chi connectivity index (χ1) is 9.38. The number of hydrogen-bond acceptors (Lipinski definition) is 3. The van der Waals surface area contributed by atoms with Crippen LogP contribution in [-0.2, 0) is 13.0 Å². The van der Waals surface area contributed by atoms with Gasteiger partial charge in [-0.2, -0.15) is 0 Å². The number of aliphatic hydroxyl groups excluding tert-OH is 1. The number of nitrogens with zero attached hydrogens (tertiary/aromatic N) is 2. The van der Waals surface area contributed by atoms with Crippen LogP contribution in [-0.4, -0.2) is 34.7 Å². The fraction of sp³-hybridized carbons (Fsp3) is 0.312. The zero-order valence-corrected chi connectivity index (χ0v) is 11.1. The zero-order valence-electron chi connectivity index (χ0n) is 11.1. The summed E-state index contributed by atoms with van der Waals surface area (Å²) in [6, 6.07) is 14.4. The van der Waals surface area contributed by atoms with E-state index in [1.54, 1.807) is 6.20 Å². The highest BCUT2D eigenvalue weighted by molar-refractivity contribution is 5.14. The van der Waals surface area contributed by atoms with E-state index in [9.17, 15) is 0 Å². The predicted molar refractivity (Wildman–Crippen MR) is 76.7 cm³/mol. The first-order valence-electron chi connectivity index (χ1n) is 6.64. The molecular weight excluding hydrogens is 236 g/mol. The summed E-state index contributed by atoms with van der Waals surface area (Å²) in [5.41, 5.74) is 2.51. The van der Waals surface area contributed by atoms with Gasteiger partial charge in [0, 0.05) is 32.0 Å². The van der Waals surface area contributed by atoms with Crippen molar-refractivity contribution in [1.82, 2.24) is 9.88 Å². The average molecular weight is 256 g/mol. The van der Waals surface area contributed by atoms with Gasteiger partial charge in [0.05, 0.1) is 6.61 Å². The average Bonchev–Trinajstić information content (AvgIpc) is 2.47. The highest BCUT2D eigenvalue weighted by atomic mass is 16.3. The lowest BCUT2D eigenvalue weighted by atomic mass is 10.1. The molecule has 0 unspecified atom stereocenters. The summed E-state index contributed by atoms with van der Waals surface area (Å²) in [4.78, 5) is 6.39. The Morgan fingerprint density at radius 2 is 1.74 bits per heavy atom. The van der Waals surface area contributed by atoms with Crippen molar-refractivity contribution in [2.24, 2.45) is 0 Å². The molecule has 1 aromatic heterocycles. The molecule has 0 atom stereocenters. The van der Waals surface area contributed by atoms with E-state index in [0.29, 0.717) is 6.54 Å². The van der Waals surface area contributed by atoms with Gasteiger partial charge in [-0.15, -0.1) is 0 Å². The molecule has 0 saturated heterocycles. The van der Waals surface area contributed by atoms with Crippen molar-refractivity contribution in [2.45, 2.75) is 13.0 Å². The molecule has 0 spiro atoms. The Bertz CT molecular complexity index is 459. The minimum Gasteiger partial charge on any atom is -0.395 e. The number of hydrogen-bond donors (Lipinski definition) is 1. The van der Waals surface area contributed by atoms with Gasteiger partial charge in [0.25, 0.3) is 0 Å².